The lowest BCUT2D eigenvalue weighted by atomic mass is 10.1. The molecule has 0 amide bonds. The highest BCUT2D eigenvalue weighted by Gasteiger charge is 1.94. The predicted molar refractivity (Wildman–Crippen MR) is 96.5 cm³/mol. The van der Waals surface area contributed by atoms with E-state index in [4.69, 9.17) is 0 Å². The Morgan fingerprint density at radius 1 is 0.636 bits per heavy atom. The summed E-state index contributed by atoms with van der Waals surface area (Å²) < 4.78 is 0. The van der Waals surface area contributed by atoms with Crippen molar-refractivity contribution in [2.75, 3.05) is 13.1 Å². The molecule has 0 radical (unpaired) electrons. The lowest BCUT2D eigenvalue weighted by Gasteiger charge is -2.07. The average Bonchev–Trinajstić information content (AvgIpc) is 2.59. The normalized spacial score (nSPS) is 10.4. The number of benzene rings is 2. The molecule has 2 rings (SSSR count). The van der Waals surface area contributed by atoms with Crippen LogP contribution in [0.2, 0.25) is 0 Å². The topological polar surface area (TPSA) is 24.1 Å². The largest absolute Gasteiger partial charge is 0.311 e. The van der Waals surface area contributed by atoms with Crippen molar-refractivity contribution in [3.63, 3.8) is 0 Å². The molecule has 0 aliphatic heterocycles. The molecular weight excluding hydrogens is 268 g/mol. The van der Waals surface area contributed by atoms with Crippen LogP contribution in [0.1, 0.15) is 22.3 Å². The molecule has 0 saturated carbocycles. The summed E-state index contributed by atoms with van der Waals surface area (Å²) in [5, 5.41) is 6.88. The van der Waals surface area contributed by atoms with Gasteiger partial charge in [0.05, 0.1) is 0 Å². The van der Waals surface area contributed by atoms with Crippen molar-refractivity contribution < 1.29 is 0 Å². The fraction of sp³-hybridized carbons (Fsp3) is 0.200. The van der Waals surface area contributed by atoms with Crippen LogP contribution in [0, 0.1) is 0 Å². The van der Waals surface area contributed by atoms with E-state index in [0.717, 1.165) is 37.3 Å². The van der Waals surface area contributed by atoms with Gasteiger partial charge in [-0.05, 0) is 22.3 Å². The third-order valence-electron chi connectivity index (χ3n) is 3.57. The Hall–Kier alpha value is -2.16. The number of nitrogens with one attached hydrogen (secondary N) is 2. The Bertz CT molecular complexity index is 527. The maximum atomic E-state index is 3.76. The van der Waals surface area contributed by atoms with Crippen LogP contribution < -0.4 is 10.6 Å². The van der Waals surface area contributed by atoms with Crippen LogP contribution in [-0.2, 0) is 13.1 Å². The third-order valence-corrected chi connectivity index (χ3v) is 3.57. The molecule has 2 nitrogen and oxygen atoms in total. The first-order valence-electron chi connectivity index (χ1n) is 7.66. The highest BCUT2D eigenvalue weighted by molar-refractivity contribution is 5.47. The highest BCUT2D eigenvalue weighted by atomic mass is 14.9. The monoisotopic (exact) mass is 292 g/mol. The van der Waals surface area contributed by atoms with Gasteiger partial charge in [0.25, 0.3) is 0 Å². The van der Waals surface area contributed by atoms with Gasteiger partial charge in [0.1, 0.15) is 0 Å². The molecule has 0 aliphatic carbocycles. The molecular formula is C20H24N2. The van der Waals surface area contributed by atoms with Crippen LogP contribution in [0.15, 0.2) is 61.7 Å². The van der Waals surface area contributed by atoms with Crippen molar-refractivity contribution in [3.8, 4) is 0 Å². The lowest BCUT2D eigenvalue weighted by molar-refractivity contribution is 0.611. The van der Waals surface area contributed by atoms with E-state index < -0.39 is 0 Å². The fourth-order valence-corrected chi connectivity index (χ4v) is 2.19. The van der Waals surface area contributed by atoms with E-state index in [1.165, 1.54) is 11.1 Å². The Morgan fingerprint density at radius 3 is 1.32 bits per heavy atom. The summed E-state index contributed by atoms with van der Waals surface area (Å²) >= 11 is 0. The summed E-state index contributed by atoms with van der Waals surface area (Å²) in [6.45, 7) is 11.2. The van der Waals surface area contributed by atoms with Crippen LogP contribution in [-0.4, -0.2) is 13.1 Å². The molecule has 0 aliphatic rings. The zero-order chi connectivity index (χ0) is 15.6. The van der Waals surface area contributed by atoms with Crippen LogP contribution in [0.5, 0.6) is 0 Å². The van der Waals surface area contributed by atoms with Gasteiger partial charge < -0.3 is 10.6 Å². The Morgan fingerprint density at radius 2 is 1.00 bits per heavy atom. The van der Waals surface area contributed by atoms with E-state index >= 15 is 0 Å². The van der Waals surface area contributed by atoms with E-state index in [-0.39, 0.29) is 0 Å². The standard InChI is InChI=1S/C20H24N2/c1-3-17-5-9-19(10-6-17)15-21-13-14-22-16-20-11-7-18(4-2)8-12-20/h3-12,21-22H,1-2,13-16H2. The first kappa shape index (κ1) is 16.2. The maximum Gasteiger partial charge on any atom is 0.0206 e. The van der Waals surface area contributed by atoms with Crippen LogP contribution >= 0.6 is 0 Å². The van der Waals surface area contributed by atoms with Crippen molar-refractivity contribution in [1.82, 2.24) is 10.6 Å². The summed E-state index contributed by atoms with van der Waals surface area (Å²) in [6.07, 6.45) is 3.73. The summed E-state index contributed by atoms with van der Waals surface area (Å²) in [4.78, 5) is 0. The van der Waals surface area contributed by atoms with Crippen molar-refractivity contribution in [1.29, 1.82) is 0 Å². The third kappa shape index (κ3) is 5.32. The minimum Gasteiger partial charge on any atom is -0.311 e. The Kier molecular flexibility index (Phi) is 6.62. The first-order valence-corrected chi connectivity index (χ1v) is 7.66. The molecule has 2 aromatic carbocycles. The van der Waals surface area contributed by atoms with E-state index in [0.29, 0.717) is 0 Å². The van der Waals surface area contributed by atoms with Gasteiger partial charge in [0, 0.05) is 26.2 Å². The minimum absolute atomic E-state index is 0.896. The van der Waals surface area contributed by atoms with Gasteiger partial charge in [-0.3, -0.25) is 0 Å². The quantitative estimate of drug-likeness (QED) is 0.686. The van der Waals surface area contributed by atoms with Crippen molar-refractivity contribution in [2.45, 2.75) is 13.1 Å². The second-order valence-corrected chi connectivity index (χ2v) is 5.24. The maximum absolute atomic E-state index is 3.76. The minimum atomic E-state index is 0.896. The summed E-state index contributed by atoms with van der Waals surface area (Å²) in [5.41, 5.74) is 4.91. The molecule has 22 heavy (non-hydrogen) atoms. The van der Waals surface area contributed by atoms with Gasteiger partial charge in [0.15, 0.2) is 0 Å². The van der Waals surface area contributed by atoms with Crippen molar-refractivity contribution in [2.24, 2.45) is 0 Å². The first-order chi connectivity index (χ1) is 10.8. The van der Waals surface area contributed by atoms with Gasteiger partial charge >= 0.3 is 0 Å². The zero-order valence-electron chi connectivity index (χ0n) is 13.0. The van der Waals surface area contributed by atoms with E-state index in [9.17, 15) is 0 Å². The molecule has 2 N–H and O–H groups in total. The molecule has 0 saturated heterocycles. The molecule has 2 aromatic rings. The molecule has 0 bridgehead atoms. The summed E-state index contributed by atoms with van der Waals surface area (Å²) in [7, 11) is 0. The van der Waals surface area contributed by atoms with Crippen LogP contribution in [0.25, 0.3) is 12.2 Å². The fourth-order valence-electron chi connectivity index (χ4n) is 2.19. The molecule has 0 heterocycles. The van der Waals surface area contributed by atoms with Crippen molar-refractivity contribution in [3.05, 3.63) is 83.9 Å². The highest BCUT2D eigenvalue weighted by Crippen LogP contribution is 2.05. The van der Waals surface area contributed by atoms with Crippen LogP contribution in [0.3, 0.4) is 0 Å². The van der Waals surface area contributed by atoms with Gasteiger partial charge in [-0.1, -0.05) is 73.8 Å². The van der Waals surface area contributed by atoms with Crippen molar-refractivity contribution >= 4 is 12.2 Å². The van der Waals surface area contributed by atoms with E-state index in [1.807, 2.05) is 12.2 Å². The second kappa shape index (κ2) is 8.98. The smallest absolute Gasteiger partial charge is 0.0206 e. The van der Waals surface area contributed by atoms with Gasteiger partial charge in [-0.15, -0.1) is 0 Å². The average molecular weight is 292 g/mol. The molecule has 2 heteroatoms. The van der Waals surface area contributed by atoms with E-state index in [1.54, 1.807) is 0 Å². The Balaban J connectivity index is 1.60. The molecule has 114 valence electrons. The van der Waals surface area contributed by atoms with Gasteiger partial charge in [0.2, 0.25) is 0 Å². The molecule has 0 atom stereocenters. The van der Waals surface area contributed by atoms with Gasteiger partial charge in [-0.25, -0.2) is 0 Å². The zero-order valence-corrected chi connectivity index (χ0v) is 13.0. The van der Waals surface area contributed by atoms with Gasteiger partial charge in [-0.2, -0.15) is 0 Å². The molecule has 0 fully saturated rings. The SMILES string of the molecule is C=Cc1ccc(CNCCNCc2ccc(C=C)cc2)cc1. The van der Waals surface area contributed by atoms with E-state index in [2.05, 4.69) is 72.3 Å². The molecule has 0 spiro atoms. The predicted octanol–water partition coefficient (Wildman–Crippen LogP) is 3.85. The van der Waals surface area contributed by atoms with Crippen LogP contribution in [0.4, 0.5) is 0 Å². The summed E-state index contributed by atoms with van der Waals surface area (Å²) in [6, 6.07) is 16.9. The number of hydrogen-bond acceptors (Lipinski definition) is 2. The lowest BCUT2D eigenvalue weighted by Crippen LogP contribution is -2.26. The molecule has 0 aromatic heterocycles. The Labute approximate surface area is 133 Å². The number of rotatable bonds is 9. The number of hydrogen-bond donors (Lipinski definition) is 2. The molecule has 0 unspecified atom stereocenters. The summed E-state index contributed by atoms with van der Waals surface area (Å²) in [5.74, 6) is 0. The second-order valence-electron chi connectivity index (χ2n) is 5.24.